The second kappa shape index (κ2) is 6.84. The number of benzene rings is 1. The highest BCUT2D eigenvalue weighted by Crippen LogP contribution is 2.29. The first-order valence-corrected chi connectivity index (χ1v) is 7.63. The second-order valence-corrected chi connectivity index (χ2v) is 6.18. The number of amides is 2. The number of hydrogen-bond acceptors (Lipinski definition) is 3. The molecule has 2 amide bonds. The third kappa shape index (κ3) is 3.33. The quantitative estimate of drug-likeness (QED) is 0.863. The van der Waals surface area contributed by atoms with Crippen molar-refractivity contribution in [3.63, 3.8) is 0 Å². The van der Waals surface area contributed by atoms with Gasteiger partial charge in [0.2, 0.25) is 5.91 Å². The summed E-state index contributed by atoms with van der Waals surface area (Å²) in [5, 5.41) is 2.64. The van der Waals surface area contributed by atoms with Crippen LogP contribution in [0.25, 0.3) is 0 Å². The molecule has 0 aromatic heterocycles. The van der Waals surface area contributed by atoms with Gasteiger partial charge in [-0.3, -0.25) is 9.59 Å². The average Bonchev–Trinajstić information content (AvgIpc) is 2.87. The first kappa shape index (κ1) is 17.7. The smallest absolute Gasteiger partial charge is 0.257 e. The van der Waals surface area contributed by atoms with Crippen LogP contribution in [0.3, 0.4) is 0 Å². The van der Waals surface area contributed by atoms with Gasteiger partial charge < -0.3 is 16.0 Å². The van der Waals surface area contributed by atoms with Crippen molar-refractivity contribution in [1.29, 1.82) is 0 Å². The zero-order valence-corrected chi connectivity index (χ0v) is 13.8. The molecule has 7 heteroatoms. The van der Waals surface area contributed by atoms with Gasteiger partial charge >= 0.3 is 0 Å². The zero-order valence-electron chi connectivity index (χ0n) is 13.0. The fraction of sp³-hybridized carbons (Fsp3) is 0.500. The summed E-state index contributed by atoms with van der Waals surface area (Å²) in [7, 11) is 0. The molecule has 2 aliphatic heterocycles. The highest BCUT2D eigenvalue weighted by atomic mass is 35.5. The van der Waals surface area contributed by atoms with Gasteiger partial charge in [0, 0.05) is 24.7 Å². The third-order valence-electron chi connectivity index (χ3n) is 4.57. The molecule has 0 radical (unpaired) electrons. The Morgan fingerprint density at radius 2 is 2.17 bits per heavy atom. The van der Waals surface area contributed by atoms with Crippen molar-refractivity contribution in [3.05, 3.63) is 29.1 Å². The molecule has 0 saturated carbocycles. The summed E-state index contributed by atoms with van der Waals surface area (Å²) < 4.78 is 14.3. The molecule has 1 saturated heterocycles. The number of nitrogens with zero attached hydrogens (tertiary/aromatic N) is 1. The summed E-state index contributed by atoms with van der Waals surface area (Å²) in [5.74, 6) is -0.723. The van der Waals surface area contributed by atoms with Crippen LogP contribution in [-0.4, -0.2) is 35.8 Å². The summed E-state index contributed by atoms with van der Waals surface area (Å²) >= 11 is 0. The monoisotopic (exact) mass is 341 g/mol. The largest absolute Gasteiger partial charge is 0.336 e. The van der Waals surface area contributed by atoms with E-state index >= 15 is 0 Å². The number of carbonyl (C=O) groups excluding carboxylic acids is 2. The Hall–Kier alpha value is -1.66. The van der Waals surface area contributed by atoms with Crippen molar-refractivity contribution in [3.8, 4) is 0 Å². The van der Waals surface area contributed by atoms with Gasteiger partial charge in [0.15, 0.2) is 0 Å². The molecule has 5 nitrogen and oxygen atoms in total. The van der Waals surface area contributed by atoms with Gasteiger partial charge in [0.05, 0.1) is 5.56 Å². The molecule has 23 heavy (non-hydrogen) atoms. The van der Waals surface area contributed by atoms with Crippen LogP contribution in [0.5, 0.6) is 0 Å². The van der Waals surface area contributed by atoms with Crippen LogP contribution in [0.2, 0.25) is 0 Å². The van der Waals surface area contributed by atoms with Crippen molar-refractivity contribution in [2.24, 2.45) is 11.7 Å². The zero-order chi connectivity index (χ0) is 15.9. The van der Waals surface area contributed by atoms with E-state index in [9.17, 15) is 14.0 Å². The standard InChI is InChI=1S/C16H20FN3O2.ClH/c1-9-4-10(7-18)8-20(9)16(22)12-5-11-2-3-15(21)19-14(11)6-13(12)17;/h5-6,9-10H,2-4,7-8,18H2,1H3,(H,19,21);1H. The number of aryl methyl sites for hydroxylation is 1. The van der Waals surface area contributed by atoms with Gasteiger partial charge in [-0.25, -0.2) is 4.39 Å². The average molecular weight is 342 g/mol. The van der Waals surface area contributed by atoms with Gasteiger partial charge in [-0.15, -0.1) is 12.4 Å². The Balaban J connectivity index is 0.00000192. The van der Waals surface area contributed by atoms with Crippen LogP contribution in [-0.2, 0) is 11.2 Å². The number of likely N-dealkylation sites (tertiary alicyclic amines) is 1. The van der Waals surface area contributed by atoms with Gasteiger partial charge in [-0.2, -0.15) is 0 Å². The Labute approximate surface area is 140 Å². The number of nitrogens with two attached hydrogens (primary N) is 1. The lowest BCUT2D eigenvalue weighted by molar-refractivity contribution is -0.116. The minimum absolute atomic E-state index is 0. The molecule has 0 bridgehead atoms. The van der Waals surface area contributed by atoms with Crippen molar-refractivity contribution < 1.29 is 14.0 Å². The SMILES string of the molecule is CC1CC(CN)CN1C(=O)c1cc2c(cc1F)NC(=O)CC2.Cl. The van der Waals surface area contributed by atoms with Crippen LogP contribution in [0.4, 0.5) is 10.1 Å². The third-order valence-corrected chi connectivity index (χ3v) is 4.57. The molecule has 2 heterocycles. The van der Waals surface area contributed by atoms with Gasteiger partial charge in [-0.1, -0.05) is 0 Å². The Bertz CT molecular complexity index is 638. The van der Waals surface area contributed by atoms with Crippen molar-refractivity contribution in [2.75, 3.05) is 18.4 Å². The first-order chi connectivity index (χ1) is 10.5. The van der Waals surface area contributed by atoms with Crippen LogP contribution < -0.4 is 11.1 Å². The first-order valence-electron chi connectivity index (χ1n) is 7.63. The molecule has 1 fully saturated rings. The number of nitrogens with one attached hydrogen (secondary N) is 1. The van der Waals surface area contributed by atoms with Crippen LogP contribution in [0.1, 0.15) is 35.7 Å². The molecule has 0 spiro atoms. The summed E-state index contributed by atoms with van der Waals surface area (Å²) in [5.41, 5.74) is 7.05. The number of anilines is 1. The van der Waals surface area contributed by atoms with E-state index in [1.165, 1.54) is 6.07 Å². The maximum Gasteiger partial charge on any atom is 0.257 e. The highest BCUT2D eigenvalue weighted by molar-refractivity contribution is 5.98. The second-order valence-electron chi connectivity index (χ2n) is 6.18. The number of halogens is 2. The van der Waals surface area contributed by atoms with Crippen molar-refractivity contribution in [1.82, 2.24) is 4.90 Å². The summed E-state index contributed by atoms with van der Waals surface area (Å²) in [4.78, 5) is 25.7. The Morgan fingerprint density at radius 1 is 1.43 bits per heavy atom. The normalized spacial score (nSPS) is 23.1. The van der Waals surface area contributed by atoms with E-state index in [1.54, 1.807) is 11.0 Å². The number of rotatable bonds is 2. The summed E-state index contributed by atoms with van der Waals surface area (Å²) in [6.45, 7) is 3.07. The fourth-order valence-electron chi connectivity index (χ4n) is 3.32. The summed E-state index contributed by atoms with van der Waals surface area (Å²) in [6, 6.07) is 2.89. The van der Waals surface area contributed by atoms with Crippen molar-refractivity contribution in [2.45, 2.75) is 32.2 Å². The molecule has 3 N–H and O–H groups in total. The highest BCUT2D eigenvalue weighted by Gasteiger charge is 2.33. The Kier molecular flexibility index (Phi) is 5.26. The van der Waals surface area contributed by atoms with Crippen LogP contribution in [0.15, 0.2) is 12.1 Å². The molecular formula is C16H21ClFN3O2. The van der Waals surface area contributed by atoms with E-state index in [0.717, 1.165) is 12.0 Å². The predicted molar refractivity (Wildman–Crippen MR) is 88.3 cm³/mol. The van der Waals surface area contributed by atoms with E-state index in [2.05, 4.69) is 5.32 Å². The number of carbonyl (C=O) groups is 2. The lowest BCUT2D eigenvalue weighted by atomic mass is 9.99. The molecule has 126 valence electrons. The van der Waals surface area contributed by atoms with Crippen LogP contribution in [0, 0.1) is 11.7 Å². The topological polar surface area (TPSA) is 75.4 Å². The molecule has 3 rings (SSSR count). The fourth-order valence-corrected chi connectivity index (χ4v) is 3.32. The lowest BCUT2D eigenvalue weighted by Crippen LogP contribution is -2.35. The van der Waals surface area contributed by atoms with Gasteiger partial charge in [0.25, 0.3) is 5.91 Å². The maximum atomic E-state index is 14.3. The molecule has 2 atom stereocenters. The summed E-state index contributed by atoms with van der Waals surface area (Å²) in [6.07, 6.45) is 1.75. The van der Waals surface area contributed by atoms with E-state index in [0.29, 0.717) is 31.6 Å². The molecular weight excluding hydrogens is 321 g/mol. The van der Waals surface area contributed by atoms with E-state index in [-0.39, 0.29) is 41.7 Å². The minimum Gasteiger partial charge on any atom is -0.336 e. The Morgan fingerprint density at radius 3 is 2.83 bits per heavy atom. The van der Waals surface area contributed by atoms with Crippen LogP contribution >= 0.6 is 12.4 Å². The predicted octanol–water partition coefficient (Wildman–Crippen LogP) is 1.94. The van der Waals surface area contributed by atoms with Crippen molar-refractivity contribution >= 4 is 29.9 Å². The molecule has 0 aliphatic carbocycles. The minimum atomic E-state index is -0.589. The van der Waals surface area contributed by atoms with E-state index in [4.69, 9.17) is 5.73 Å². The molecule has 1 aromatic rings. The number of hydrogen-bond donors (Lipinski definition) is 2. The lowest BCUT2D eigenvalue weighted by Gasteiger charge is -2.23. The number of fused-ring (bicyclic) bond motifs is 1. The molecule has 1 aromatic carbocycles. The maximum absolute atomic E-state index is 14.3. The van der Waals surface area contributed by atoms with E-state index in [1.807, 2.05) is 6.92 Å². The van der Waals surface area contributed by atoms with Gasteiger partial charge in [0.1, 0.15) is 5.82 Å². The molecule has 2 unspecified atom stereocenters. The van der Waals surface area contributed by atoms with Gasteiger partial charge in [-0.05, 0) is 49.9 Å². The molecule has 2 aliphatic rings. The van der Waals surface area contributed by atoms with E-state index < -0.39 is 5.82 Å².